The lowest BCUT2D eigenvalue weighted by Crippen LogP contribution is -2.45. The molecule has 3 aliphatic rings. The standard InChI is InChI=1S/C21H34O7/c1-7-9-11-13(10-8-2)18(22)24-16-15(14-12-23-20(3,4)26-14)25-19-17(16)27-21(5,6)28-19/h8,10,13-17,19H,7,9,11-12H2,1-6H3/b10-8-/t13-,14+,15+,16-,17+,19+/m0/s1. The average Bonchev–Trinajstić information content (AvgIpc) is 3.21. The van der Waals surface area contributed by atoms with Crippen LogP contribution < -0.4 is 0 Å². The zero-order chi connectivity index (χ0) is 20.5. The number of hydrogen-bond donors (Lipinski definition) is 0. The largest absolute Gasteiger partial charge is 0.456 e. The average molecular weight is 398 g/mol. The van der Waals surface area contributed by atoms with Crippen LogP contribution in [0.15, 0.2) is 12.2 Å². The Morgan fingerprint density at radius 3 is 2.50 bits per heavy atom. The molecule has 0 N–H and O–H groups in total. The third kappa shape index (κ3) is 4.76. The number of hydrogen-bond acceptors (Lipinski definition) is 7. The summed E-state index contributed by atoms with van der Waals surface area (Å²) in [5.74, 6) is -2.03. The number of ether oxygens (including phenoxy) is 6. The summed E-state index contributed by atoms with van der Waals surface area (Å²) < 4.78 is 35.6. The molecule has 3 fully saturated rings. The molecule has 3 aliphatic heterocycles. The Bertz CT molecular complexity index is 585. The van der Waals surface area contributed by atoms with Crippen LogP contribution >= 0.6 is 0 Å². The van der Waals surface area contributed by atoms with Gasteiger partial charge in [-0.25, -0.2) is 0 Å². The van der Waals surface area contributed by atoms with Gasteiger partial charge in [0.15, 0.2) is 30.1 Å². The van der Waals surface area contributed by atoms with Crippen LogP contribution in [0.5, 0.6) is 0 Å². The highest BCUT2D eigenvalue weighted by Gasteiger charge is 2.60. The van der Waals surface area contributed by atoms with Gasteiger partial charge in [0.1, 0.15) is 12.2 Å². The van der Waals surface area contributed by atoms with Crippen LogP contribution in [0.3, 0.4) is 0 Å². The molecule has 28 heavy (non-hydrogen) atoms. The van der Waals surface area contributed by atoms with Crippen LogP contribution in [0, 0.1) is 5.92 Å². The van der Waals surface area contributed by atoms with Crippen molar-refractivity contribution in [2.45, 2.75) is 103 Å². The first-order valence-electron chi connectivity index (χ1n) is 10.3. The molecule has 0 unspecified atom stereocenters. The highest BCUT2D eigenvalue weighted by atomic mass is 16.8. The quantitative estimate of drug-likeness (QED) is 0.481. The Balaban J connectivity index is 1.75. The van der Waals surface area contributed by atoms with Gasteiger partial charge in [0.2, 0.25) is 0 Å². The van der Waals surface area contributed by atoms with E-state index in [1.54, 1.807) is 0 Å². The molecule has 160 valence electrons. The topological polar surface area (TPSA) is 72.5 Å². The zero-order valence-corrected chi connectivity index (χ0v) is 17.8. The molecular formula is C21H34O7. The number of rotatable bonds is 7. The molecule has 3 saturated heterocycles. The monoisotopic (exact) mass is 398 g/mol. The highest BCUT2D eigenvalue weighted by Crippen LogP contribution is 2.42. The van der Waals surface area contributed by atoms with Gasteiger partial charge in [-0.1, -0.05) is 31.9 Å². The molecule has 0 aromatic rings. The molecule has 0 aromatic carbocycles. The van der Waals surface area contributed by atoms with Crippen molar-refractivity contribution in [2.75, 3.05) is 6.61 Å². The van der Waals surface area contributed by atoms with Gasteiger partial charge in [-0.15, -0.1) is 0 Å². The van der Waals surface area contributed by atoms with Gasteiger partial charge >= 0.3 is 5.97 Å². The molecular weight excluding hydrogens is 364 g/mol. The van der Waals surface area contributed by atoms with E-state index in [2.05, 4.69) is 6.92 Å². The Labute approximate surface area is 167 Å². The molecule has 7 nitrogen and oxygen atoms in total. The summed E-state index contributed by atoms with van der Waals surface area (Å²) in [6.45, 7) is 11.7. The van der Waals surface area contributed by atoms with Crippen molar-refractivity contribution in [2.24, 2.45) is 5.92 Å². The fraction of sp³-hybridized carbons (Fsp3) is 0.857. The van der Waals surface area contributed by atoms with Crippen LogP contribution in [0.1, 0.15) is 60.8 Å². The van der Waals surface area contributed by atoms with Gasteiger partial charge in [0.05, 0.1) is 12.5 Å². The fourth-order valence-electron chi connectivity index (χ4n) is 3.99. The minimum atomic E-state index is -0.789. The van der Waals surface area contributed by atoms with Gasteiger partial charge in [-0.2, -0.15) is 0 Å². The van der Waals surface area contributed by atoms with E-state index in [-0.39, 0.29) is 18.0 Å². The molecule has 0 radical (unpaired) electrons. The highest BCUT2D eigenvalue weighted by molar-refractivity contribution is 5.74. The van der Waals surface area contributed by atoms with E-state index >= 15 is 0 Å². The summed E-state index contributed by atoms with van der Waals surface area (Å²) >= 11 is 0. The summed E-state index contributed by atoms with van der Waals surface area (Å²) in [6, 6.07) is 0. The molecule has 0 bridgehead atoms. The molecule has 0 amide bonds. The Morgan fingerprint density at radius 1 is 1.14 bits per heavy atom. The van der Waals surface area contributed by atoms with Crippen molar-refractivity contribution in [1.82, 2.24) is 0 Å². The first kappa shape index (κ1) is 21.7. The van der Waals surface area contributed by atoms with Crippen LogP contribution in [-0.2, 0) is 33.2 Å². The first-order valence-corrected chi connectivity index (χ1v) is 10.3. The maximum atomic E-state index is 12.9. The summed E-state index contributed by atoms with van der Waals surface area (Å²) in [4.78, 5) is 12.9. The van der Waals surface area contributed by atoms with Crippen molar-refractivity contribution in [3.63, 3.8) is 0 Å². The van der Waals surface area contributed by atoms with Gasteiger partial charge < -0.3 is 28.4 Å². The van der Waals surface area contributed by atoms with Crippen molar-refractivity contribution < 1.29 is 33.2 Å². The van der Waals surface area contributed by atoms with Gasteiger partial charge in [-0.05, 0) is 41.0 Å². The lowest BCUT2D eigenvalue weighted by Gasteiger charge is -2.29. The van der Waals surface area contributed by atoms with E-state index < -0.39 is 36.2 Å². The summed E-state index contributed by atoms with van der Waals surface area (Å²) in [7, 11) is 0. The summed E-state index contributed by atoms with van der Waals surface area (Å²) in [5.41, 5.74) is 0. The summed E-state index contributed by atoms with van der Waals surface area (Å²) in [6.07, 6.45) is 3.96. The van der Waals surface area contributed by atoms with E-state index in [4.69, 9.17) is 28.4 Å². The zero-order valence-electron chi connectivity index (χ0n) is 17.8. The predicted octanol–water partition coefficient (Wildman–Crippen LogP) is 3.31. The number of carbonyl (C=O) groups is 1. The maximum Gasteiger partial charge on any atom is 0.313 e. The number of unbranched alkanes of at least 4 members (excludes halogenated alkanes) is 1. The van der Waals surface area contributed by atoms with Crippen LogP contribution in [-0.4, -0.2) is 54.9 Å². The Kier molecular flexibility index (Phi) is 6.51. The van der Waals surface area contributed by atoms with Gasteiger partial charge in [-0.3, -0.25) is 4.79 Å². The van der Waals surface area contributed by atoms with Crippen LogP contribution in [0.25, 0.3) is 0 Å². The van der Waals surface area contributed by atoms with Crippen molar-refractivity contribution in [3.05, 3.63) is 12.2 Å². The SMILES string of the molecule is C/C=C\[C@@H](CCCC)C(=O)O[C@@H]1[C@H]2OC(C)(C)O[C@H]2O[C@@H]1[C@H]1COC(C)(C)O1. The number of allylic oxidation sites excluding steroid dienone is 1. The van der Waals surface area contributed by atoms with Crippen LogP contribution in [0.4, 0.5) is 0 Å². The van der Waals surface area contributed by atoms with Gasteiger partial charge in [0.25, 0.3) is 0 Å². The van der Waals surface area contributed by atoms with E-state index in [1.807, 2.05) is 46.8 Å². The normalized spacial score (nSPS) is 37.3. The van der Waals surface area contributed by atoms with E-state index in [0.717, 1.165) is 19.3 Å². The fourth-order valence-corrected chi connectivity index (χ4v) is 3.99. The molecule has 6 atom stereocenters. The first-order chi connectivity index (χ1) is 13.2. The summed E-state index contributed by atoms with van der Waals surface area (Å²) in [5, 5.41) is 0. The number of carbonyl (C=O) groups excluding carboxylic acids is 1. The van der Waals surface area contributed by atoms with Crippen molar-refractivity contribution in [3.8, 4) is 0 Å². The minimum absolute atomic E-state index is 0.266. The van der Waals surface area contributed by atoms with E-state index in [9.17, 15) is 4.79 Å². The lowest BCUT2D eigenvalue weighted by atomic mass is 10.0. The molecule has 7 heteroatoms. The van der Waals surface area contributed by atoms with Gasteiger partial charge in [0, 0.05) is 0 Å². The maximum absolute atomic E-state index is 12.9. The number of esters is 1. The second-order valence-corrected chi connectivity index (χ2v) is 8.61. The van der Waals surface area contributed by atoms with E-state index in [1.165, 1.54) is 0 Å². The Hall–Kier alpha value is -0.990. The molecule has 0 spiro atoms. The third-order valence-corrected chi connectivity index (χ3v) is 5.27. The number of fused-ring (bicyclic) bond motifs is 1. The second-order valence-electron chi connectivity index (χ2n) is 8.61. The minimum Gasteiger partial charge on any atom is -0.456 e. The molecule has 0 aliphatic carbocycles. The lowest BCUT2D eigenvalue weighted by molar-refractivity contribution is -0.235. The third-order valence-electron chi connectivity index (χ3n) is 5.27. The van der Waals surface area contributed by atoms with Crippen LogP contribution in [0.2, 0.25) is 0 Å². The predicted molar refractivity (Wildman–Crippen MR) is 101 cm³/mol. The Morgan fingerprint density at radius 2 is 1.89 bits per heavy atom. The van der Waals surface area contributed by atoms with Crippen molar-refractivity contribution in [1.29, 1.82) is 0 Å². The molecule has 0 aromatic heterocycles. The smallest absolute Gasteiger partial charge is 0.313 e. The molecule has 0 saturated carbocycles. The molecule has 3 heterocycles. The van der Waals surface area contributed by atoms with E-state index in [0.29, 0.717) is 6.61 Å². The molecule has 3 rings (SSSR count). The van der Waals surface area contributed by atoms with Crippen molar-refractivity contribution >= 4 is 5.97 Å². The second kappa shape index (κ2) is 8.40.